The Bertz CT molecular complexity index is 555. The topological polar surface area (TPSA) is 46.8 Å². The lowest BCUT2D eigenvalue weighted by atomic mass is 10.1. The molecule has 1 fully saturated rings. The molecule has 0 atom stereocenters. The van der Waals surface area contributed by atoms with Crippen LogP contribution in [0.4, 0.5) is 5.95 Å². The molecular weight excluding hydrogens is 250 g/mol. The summed E-state index contributed by atoms with van der Waals surface area (Å²) in [5.74, 6) is 0.855. The van der Waals surface area contributed by atoms with Crippen LogP contribution in [-0.2, 0) is 7.05 Å². The lowest BCUT2D eigenvalue weighted by Crippen LogP contribution is -2.28. The van der Waals surface area contributed by atoms with Crippen LogP contribution in [0.15, 0.2) is 24.7 Å². The molecule has 0 saturated carbocycles. The van der Waals surface area contributed by atoms with Crippen LogP contribution in [-0.4, -0.2) is 32.8 Å². The van der Waals surface area contributed by atoms with Crippen LogP contribution in [0, 0.1) is 0 Å². The molecule has 1 aliphatic rings. The third-order valence-electron chi connectivity index (χ3n) is 3.78. The van der Waals surface area contributed by atoms with Gasteiger partial charge in [-0.2, -0.15) is 5.10 Å². The van der Waals surface area contributed by atoms with E-state index in [2.05, 4.69) is 15.0 Å². The highest BCUT2D eigenvalue weighted by molar-refractivity contribution is 5.58. The van der Waals surface area contributed by atoms with Gasteiger partial charge in [-0.05, 0) is 18.9 Å². The number of anilines is 1. The van der Waals surface area contributed by atoms with Crippen molar-refractivity contribution in [2.45, 2.75) is 32.1 Å². The summed E-state index contributed by atoms with van der Waals surface area (Å²) in [6, 6.07) is 1.95. The highest BCUT2D eigenvalue weighted by atomic mass is 15.3. The third-order valence-corrected chi connectivity index (χ3v) is 3.78. The van der Waals surface area contributed by atoms with Gasteiger partial charge in [-0.1, -0.05) is 19.3 Å². The van der Waals surface area contributed by atoms with Crippen molar-refractivity contribution in [2.75, 3.05) is 18.0 Å². The van der Waals surface area contributed by atoms with Crippen LogP contribution in [0.5, 0.6) is 0 Å². The van der Waals surface area contributed by atoms with Gasteiger partial charge in [-0.25, -0.2) is 9.97 Å². The van der Waals surface area contributed by atoms with Gasteiger partial charge >= 0.3 is 0 Å². The number of nitrogens with zero attached hydrogens (tertiary/aromatic N) is 5. The Hall–Kier alpha value is -1.91. The number of hydrogen-bond acceptors (Lipinski definition) is 4. The minimum absolute atomic E-state index is 0.855. The second-order valence-electron chi connectivity index (χ2n) is 5.40. The average Bonchev–Trinajstić information content (AvgIpc) is 2.85. The monoisotopic (exact) mass is 271 g/mol. The smallest absolute Gasteiger partial charge is 0.225 e. The summed E-state index contributed by atoms with van der Waals surface area (Å²) in [5, 5.41) is 4.21. The zero-order valence-electron chi connectivity index (χ0n) is 12.0. The zero-order valence-corrected chi connectivity index (χ0v) is 12.0. The first-order valence-corrected chi connectivity index (χ1v) is 7.40. The number of hydrogen-bond donors (Lipinski definition) is 0. The van der Waals surface area contributed by atoms with E-state index in [4.69, 9.17) is 4.98 Å². The molecule has 0 spiro atoms. The van der Waals surface area contributed by atoms with E-state index in [9.17, 15) is 0 Å². The molecule has 1 aliphatic heterocycles. The number of aromatic nitrogens is 4. The highest BCUT2D eigenvalue weighted by Crippen LogP contribution is 2.20. The van der Waals surface area contributed by atoms with Crippen molar-refractivity contribution in [3.05, 3.63) is 24.7 Å². The standard InChI is InChI=1S/C15H21N5/c1-19-12-13(11-17-19)14-7-8-16-15(18-14)20-9-5-3-2-4-6-10-20/h7-8,11-12H,2-6,9-10H2,1H3. The number of rotatable bonds is 2. The summed E-state index contributed by atoms with van der Waals surface area (Å²) in [6.07, 6.45) is 12.2. The fraction of sp³-hybridized carbons (Fsp3) is 0.533. The van der Waals surface area contributed by atoms with Gasteiger partial charge < -0.3 is 4.90 Å². The molecule has 3 heterocycles. The molecule has 5 heteroatoms. The molecule has 2 aromatic heterocycles. The van der Waals surface area contributed by atoms with Crippen molar-refractivity contribution in [3.63, 3.8) is 0 Å². The van der Waals surface area contributed by atoms with Gasteiger partial charge in [0, 0.05) is 38.1 Å². The van der Waals surface area contributed by atoms with Crippen LogP contribution < -0.4 is 4.90 Å². The van der Waals surface area contributed by atoms with Gasteiger partial charge in [0.2, 0.25) is 5.95 Å². The molecule has 1 saturated heterocycles. The Morgan fingerprint density at radius 1 is 1.05 bits per heavy atom. The van der Waals surface area contributed by atoms with Gasteiger partial charge in [-0.3, -0.25) is 4.68 Å². The Morgan fingerprint density at radius 3 is 2.50 bits per heavy atom. The van der Waals surface area contributed by atoms with Gasteiger partial charge in [0.25, 0.3) is 0 Å². The van der Waals surface area contributed by atoms with Gasteiger partial charge in [0.05, 0.1) is 11.9 Å². The third kappa shape index (κ3) is 2.98. The van der Waals surface area contributed by atoms with E-state index in [-0.39, 0.29) is 0 Å². The summed E-state index contributed by atoms with van der Waals surface area (Å²) in [4.78, 5) is 11.5. The maximum Gasteiger partial charge on any atom is 0.225 e. The second kappa shape index (κ2) is 6.03. The van der Waals surface area contributed by atoms with E-state index in [0.29, 0.717) is 0 Å². The molecule has 2 aromatic rings. The second-order valence-corrected chi connectivity index (χ2v) is 5.40. The lowest BCUT2D eigenvalue weighted by Gasteiger charge is -2.24. The minimum Gasteiger partial charge on any atom is -0.341 e. The molecule has 0 bridgehead atoms. The average molecular weight is 271 g/mol. The van der Waals surface area contributed by atoms with Gasteiger partial charge in [-0.15, -0.1) is 0 Å². The van der Waals surface area contributed by atoms with Crippen molar-refractivity contribution < 1.29 is 0 Å². The Morgan fingerprint density at radius 2 is 1.80 bits per heavy atom. The zero-order chi connectivity index (χ0) is 13.8. The van der Waals surface area contributed by atoms with E-state index < -0.39 is 0 Å². The summed E-state index contributed by atoms with van der Waals surface area (Å²) in [6.45, 7) is 2.13. The number of aryl methyl sites for hydroxylation is 1. The summed E-state index contributed by atoms with van der Waals surface area (Å²) in [7, 11) is 1.92. The van der Waals surface area contributed by atoms with E-state index in [1.54, 1.807) is 4.68 Å². The summed E-state index contributed by atoms with van der Waals surface area (Å²) in [5.41, 5.74) is 1.99. The Labute approximate surface area is 119 Å². The molecule has 5 nitrogen and oxygen atoms in total. The molecule has 20 heavy (non-hydrogen) atoms. The van der Waals surface area contributed by atoms with Crippen molar-refractivity contribution in [2.24, 2.45) is 7.05 Å². The molecule has 0 aromatic carbocycles. The van der Waals surface area contributed by atoms with Crippen molar-refractivity contribution in [1.82, 2.24) is 19.7 Å². The Kier molecular flexibility index (Phi) is 3.95. The molecule has 0 aliphatic carbocycles. The van der Waals surface area contributed by atoms with E-state index in [0.717, 1.165) is 30.3 Å². The molecule has 0 unspecified atom stereocenters. The largest absolute Gasteiger partial charge is 0.341 e. The van der Waals surface area contributed by atoms with Crippen LogP contribution in [0.2, 0.25) is 0 Å². The molecule has 0 N–H and O–H groups in total. The first-order valence-electron chi connectivity index (χ1n) is 7.40. The van der Waals surface area contributed by atoms with Gasteiger partial charge in [0.1, 0.15) is 0 Å². The maximum absolute atomic E-state index is 4.71. The Balaban J connectivity index is 1.82. The van der Waals surface area contributed by atoms with E-state index in [1.807, 2.05) is 31.7 Å². The SMILES string of the molecule is Cn1cc(-c2ccnc(N3CCCCCCC3)n2)cn1. The fourth-order valence-electron chi connectivity index (χ4n) is 2.66. The fourth-order valence-corrected chi connectivity index (χ4v) is 2.66. The minimum atomic E-state index is 0.855. The first kappa shape index (κ1) is 13.1. The molecule has 0 radical (unpaired) electrons. The van der Waals surface area contributed by atoms with Crippen molar-refractivity contribution in [1.29, 1.82) is 0 Å². The van der Waals surface area contributed by atoms with Gasteiger partial charge in [0.15, 0.2) is 0 Å². The highest BCUT2D eigenvalue weighted by Gasteiger charge is 2.12. The van der Waals surface area contributed by atoms with Crippen LogP contribution in [0.25, 0.3) is 11.3 Å². The van der Waals surface area contributed by atoms with E-state index >= 15 is 0 Å². The van der Waals surface area contributed by atoms with Crippen LogP contribution >= 0.6 is 0 Å². The molecular formula is C15H21N5. The van der Waals surface area contributed by atoms with Crippen molar-refractivity contribution >= 4 is 5.95 Å². The maximum atomic E-state index is 4.71. The van der Waals surface area contributed by atoms with Crippen molar-refractivity contribution in [3.8, 4) is 11.3 Å². The van der Waals surface area contributed by atoms with E-state index in [1.165, 1.54) is 32.1 Å². The van der Waals surface area contributed by atoms with Crippen LogP contribution in [0.1, 0.15) is 32.1 Å². The summed E-state index contributed by atoms with van der Waals surface area (Å²) < 4.78 is 1.80. The predicted molar refractivity (Wildman–Crippen MR) is 79.5 cm³/mol. The van der Waals surface area contributed by atoms with Crippen LogP contribution in [0.3, 0.4) is 0 Å². The quantitative estimate of drug-likeness (QED) is 0.842. The molecule has 106 valence electrons. The predicted octanol–water partition coefficient (Wildman–Crippen LogP) is 2.65. The lowest BCUT2D eigenvalue weighted by molar-refractivity contribution is 0.550. The summed E-state index contributed by atoms with van der Waals surface area (Å²) >= 11 is 0. The molecule has 0 amide bonds. The molecule has 3 rings (SSSR count). The first-order chi connectivity index (χ1) is 9.83. The normalized spacial score (nSPS) is 16.8.